The zero-order chi connectivity index (χ0) is 33.9. The van der Waals surface area contributed by atoms with Gasteiger partial charge in [-0.3, -0.25) is 0 Å². The maximum Gasteiger partial charge on any atom is 0.175 e. The van der Waals surface area contributed by atoms with Gasteiger partial charge in [0, 0.05) is 23.5 Å². The largest absolute Gasteiger partial charge is 0.493 e. The van der Waals surface area contributed by atoms with Crippen LogP contribution in [0.5, 0.6) is 23.0 Å². The monoisotopic (exact) mass is 690 g/mol. The molecule has 0 saturated carbocycles. The molecule has 0 unspecified atom stereocenters. The van der Waals surface area contributed by atoms with E-state index in [0.717, 1.165) is 44.5 Å². The molecule has 2 aliphatic rings. The molecule has 0 bridgehead atoms. The maximum atomic E-state index is 6.42. The van der Waals surface area contributed by atoms with Crippen LogP contribution in [0.2, 0.25) is 0 Å². The van der Waals surface area contributed by atoms with Crippen LogP contribution >= 0.6 is 16.8 Å². The summed E-state index contributed by atoms with van der Waals surface area (Å²) in [6.45, 7) is 8.23. The van der Waals surface area contributed by atoms with Crippen LogP contribution in [0, 0.1) is 0 Å². The van der Waals surface area contributed by atoms with Crippen LogP contribution in [-0.2, 0) is 30.4 Å². The SMILES string of the molecule is COc1cc(-c2ccccc2)c(CP2O[C@@H](C)[C@H](C)O2)c(-c2c(CP3O[C@@H](C)[C@H](C)O3)c(-c3ccccc3)cc(OC)c2OC)c1OC. The van der Waals surface area contributed by atoms with Crippen LogP contribution in [-0.4, -0.2) is 52.9 Å². The fraction of sp³-hybridized carbons (Fsp3) is 0.368. The van der Waals surface area contributed by atoms with Crippen molar-refractivity contribution >= 4 is 16.8 Å². The topological polar surface area (TPSA) is 73.8 Å². The Bertz CT molecular complexity index is 1570. The standard InChI is InChI=1S/C38H44O8P2/c1-23-24(2)44-47(43-23)21-31-29(27-15-11-9-12-16-27)19-33(39-5)37(41-7)35(31)36-32(22-48-45-25(3)26(4)46-48)30(28-17-13-10-14-18-28)20-34(40-6)38(36)42-8/h9-20,23-26H,21-22H2,1-8H3/t23-,24-,25-,26-/m0/s1. The second-order valence-electron chi connectivity index (χ2n) is 12.0. The highest BCUT2D eigenvalue weighted by atomic mass is 31.2. The molecule has 0 radical (unpaired) electrons. The molecule has 10 heteroatoms. The molecule has 2 heterocycles. The van der Waals surface area contributed by atoms with E-state index in [0.29, 0.717) is 35.3 Å². The molecule has 6 rings (SSSR count). The molecule has 254 valence electrons. The summed E-state index contributed by atoms with van der Waals surface area (Å²) < 4.78 is 50.4. The minimum atomic E-state index is -1.27. The number of benzene rings is 4. The first kappa shape index (κ1) is 34.6. The van der Waals surface area contributed by atoms with E-state index in [1.165, 1.54) is 0 Å². The smallest absolute Gasteiger partial charge is 0.175 e. The number of hydrogen-bond donors (Lipinski definition) is 0. The predicted molar refractivity (Wildman–Crippen MR) is 192 cm³/mol. The average molecular weight is 691 g/mol. The third-order valence-electron chi connectivity index (χ3n) is 9.01. The van der Waals surface area contributed by atoms with Gasteiger partial charge in [0.15, 0.2) is 39.7 Å². The molecule has 0 amide bonds. The van der Waals surface area contributed by atoms with Gasteiger partial charge in [-0.1, -0.05) is 60.7 Å². The summed E-state index contributed by atoms with van der Waals surface area (Å²) in [7, 11) is 4.14. The Balaban J connectivity index is 1.73. The number of rotatable bonds is 11. The molecule has 4 aromatic rings. The Morgan fingerprint density at radius 3 is 1.12 bits per heavy atom. The van der Waals surface area contributed by atoms with Crippen molar-refractivity contribution in [1.29, 1.82) is 0 Å². The van der Waals surface area contributed by atoms with Gasteiger partial charge < -0.3 is 37.0 Å². The van der Waals surface area contributed by atoms with Gasteiger partial charge in [0.2, 0.25) is 0 Å². The molecular formula is C38H44O8P2. The molecule has 4 aromatic carbocycles. The van der Waals surface area contributed by atoms with E-state index in [4.69, 9.17) is 37.0 Å². The molecule has 48 heavy (non-hydrogen) atoms. The van der Waals surface area contributed by atoms with E-state index in [2.05, 4.69) is 52.0 Å². The lowest BCUT2D eigenvalue weighted by Gasteiger charge is -2.27. The van der Waals surface area contributed by atoms with Gasteiger partial charge in [-0.2, -0.15) is 0 Å². The van der Waals surface area contributed by atoms with Crippen molar-refractivity contribution < 1.29 is 37.0 Å². The Hall–Kier alpha value is -3.22. The van der Waals surface area contributed by atoms with E-state index >= 15 is 0 Å². The molecule has 0 spiro atoms. The van der Waals surface area contributed by atoms with Gasteiger partial charge in [0.1, 0.15) is 0 Å². The van der Waals surface area contributed by atoms with Crippen molar-refractivity contribution in [3.63, 3.8) is 0 Å². The van der Waals surface area contributed by atoms with Gasteiger partial charge in [-0.05, 0) is 73.2 Å². The molecule has 2 aliphatic heterocycles. The summed E-state index contributed by atoms with van der Waals surface area (Å²) in [6.07, 6.45) is 0.954. The Kier molecular flexibility index (Phi) is 10.9. The van der Waals surface area contributed by atoms with E-state index in [-0.39, 0.29) is 24.4 Å². The lowest BCUT2D eigenvalue weighted by atomic mass is 9.85. The number of methoxy groups -OCH3 is 4. The minimum absolute atomic E-state index is 0.0186. The lowest BCUT2D eigenvalue weighted by Crippen LogP contribution is -2.13. The van der Waals surface area contributed by atoms with Gasteiger partial charge in [0.05, 0.1) is 52.9 Å². The maximum absolute atomic E-state index is 6.42. The third-order valence-corrected chi connectivity index (χ3v) is 12.4. The summed E-state index contributed by atoms with van der Waals surface area (Å²) in [5, 5.41) is 0. The summed E-state index contributed by atoms with van der Waals surface area (Å²) >= 11 is 0. The summed E-state index contributed by atoms with van der Waals surface area (Å²) in [6, 6.07) is 24.7. The first-order chi connectivity index (χ1) is 23.3. The molecule has 2 saturated heterocycles. The van der Waals surface area contributed by atoms with Crippen LogP contribution in [0.15, 0.2) is 72.8 Å². The van der Waals surface area contributed by atoms with Crippen molar-refractivity contribution in [3.8, 4) is 56.4 Å². The van der Waals surface area contributed by atoms with Crippen LogP contribution in [0.3, 0.4) is 0 Å². The zero-order valence-corrected chi connectivity index (χ0v) is 30.6. The van der Waals surface area contributed by atoms with E-state index in [1.807, 2.05) is 48.5 Å². The van der Waals surface area contributed by atoms with Crippen LogP contribution < -0.4 is 18.9 Å². The highest BCUT2D eigenvalue weighted by Crippen LogP contribution is 2.61. The van der Waals surface area contributed by atoms with Gasteiger partial charge >= 0.3 is 0 Å². The van der Waals surface area contributed by atoms with Crippen molar-refractivity contribution in [3.05, 3.63) is 83.9 Å². The molecule has 0 aliphatic carbocycles. The molecule has 8 nitrogen and oxygen atoms in total. The molecule has 2 fully saturated rings. The average Bonchev–Trinajstić information content (AvgIpc) is 3.61. The quantitative estimate of drug-likeness (QED) is 0.144. The van der Waals surface area contributed by atoms with Crippen molar-refractivity contribution in [2.24, 2.45) is 0 Å². The highest BCUT2D eigenvalue weighted by molar-refractivity contribution is 7.47. The third kappa shape index (κ3) is 6.80. The predicted octanol–water partition coefficient (Wildman–Crippen LogP) is 9.99. The second-order valence-corrected chi connectivity index (χ2v) is 14.8. The van der Waals surface area contributed by atoms with Crippen LogP contribution in [0.25, 0.3) is 33.4 Å². The number of hydrogen-bond acceptors (Lipinski definition) is 8. The van der Waals surface area contributed by atoms with Crippen molar-refractivity contribution in [1.82, 2.24) is 0 Å². The van der Waals surface area contributed by atoms with Crippen LogP contribution in [0.1, 0.15) is 38.8 Å². The highest BCUT2D eigenvalue weighted by Gasteiger charge is 2.37. The number of ether oxygens (including phenoxy) is 4. The van der Waals surface area contributed by atoms with Crippen LogP contribution in [0.4, 0.5) is 0 Å². The van der Waals surface area contributed by atoms with Crippen molar-refractivity contribution in [2.45, 2.75) is 64.4 Å². The summed E-state index contributed by atoms with van der Waals surface area (Å²) in [5.74, 6) is 2.35. The normalized spacial score (nSPS) is 21.4. The van der Waals surface area contributed by atoms with Gasteiger partial charge in [-0.25, -0.2) is 0 Å². The fourth-order valence-electron chi connectivity index (χ4n) is 6.22. The van der Waals surface area contributed by atoms with E-state index in [1.54, 1.807) is 28.4 Å². The zero-order valence-electron chi connectivity index (χ0n) is 28.8. The Labute approximate surface area is 286 Å². The van der Waals surface area contributed by atoms with Crippen molar-refractivity contribution in [2.75, 3.05) is 28.4 Å². The Morgan fingerprint density at radius 1 is 0.500 bits per heavy atom. The Morgan fingerprint density at radius 2 is 0.833 bits per heavy atom. The fourth-order valence-corrected chi connectivity index (χ4v) is 9.96. The first-order valence-corrected chi connectivity index (χ1v) is 18.9. The molecule has 4 atom stereocenters. The molecule has 0 N–H and O–H groups in total. The molecule has 0 aromatic heterocycles. The van der Waals surface area contributed by atoms with Gasteiger partial charge in [0.25, 0.3) is 0 Å². The minimum Gasteiger partial charge on any atom is -0.493 e. The van der Waals surface area contributed by atoms with E-state index < -0.39 is 16.8 Å². The lowest BCUT2D eigenvalue weighted by molar-refractivity contribution is 0.187. The molecular weight excluding hydrogens is 646 g/mol. The first-order valence-electron chi connectivity index (χ1n) is 16.2. The van der Waals surface area contributed by atoms with Gasteiger partial charge in [-0.15, -0.1) is 0 Å². The second kappa shape index (κ2) is 15.1. The summed E-state index contributed by atoms with van der Waals surface area (Å²) in [4.78, 5) is 0. The van der Waals surface area contributed by atoms with E-state index in [9.17, 15) is 0 Å². The summed E-state index contributed by atoms with van der Waals surface area (Å²) in [5.41, 5.74) is 7.71.